The van der Waals surface area contributed by atoms with Crippen LogP contribution < -0.4 is 5.32 Å². The van der Waals surface area contributed by atoms with Crippen molar-refractivity contribution in [2.45, 2.75) is 20.8 Å². The summed E-state index contributed by atoms with van der Waals surface area (Å²) in [7, 11) is 0. The number of aryl methyl sites for hydroxylation is 3. The molecule has 2 heterocycles. The van der Waals surface area contributed by atoms with E-state index in [2.05, 4.69) is 53.2 Å². The third kappa shape index (κ3) is 3.27. The van der Waals surface area contributed by atoms with Crippen molar-refractivity contribution in [3.8, 4) is 11.3 Å². The first-order chi connectivity index (χ1) is 11.0. The largest absolute Gasteiger partial charge is 0.296 e. The van der Waals surface area contributed by atoms with Gasteiger partial charge in [-0.2, -0.15) is 0 Å². The average Bonchev–Trinajstić information content (AvgIpc) is 3.00. The molecule has 1 N–H and O–H groups in total. The summed E-state index contributed by atoms with van der Waals surface area (Å²) in [4.78, 5) is 24.5. The standard InChI is InChI=1S/C17H16N4OS/c1-10-6-12(3)13(7-11(10)2)15-9-23-17(20-15)21-16(22)14-8-18-4-5-19-14/h4-9H,1-3H3,(H,20,21,22). The number of aromatic nitrogens is 3. The van der Waals surface area contributed by atoms with Crippen LogP contribution in [-0.4, -0.2) is 20.9 Å². The SMILES string of the molecule is Cc1cc(C)c(-c2csc(NC(=O)c3cnccn3)n2)cc1C. The average molecular weight is 324 g/mol. The van der Waals surface area contributed by atoms with Crippen LogP contribution in [0.5, 0.6) is 0 Å². The van der Waals surface area contributed by atoms with Crippen LogP contribution in [0.4, 0.5) is 5.13 Å². The van der Waals surface area contributed by atoms with E-state index in [1.807, 2.05) is 5.38 Å². The van der Waals surface area contributed by atoms with E-state index in [0.717, 1.165) is 11.3 Å². The van der Waals surface area contributed by atoms with Crippen LogP contribution in [0, 0.1) is 20.8 Å². The number of carbonyl (C=O) groups excluding carboxylic acids is 1. The first-order valence-electron chi connectivity index (χ1n) is 7.15. The summed E-state index contributed by atoms with van der Waals surface area (Å²) in [5, 5.41) is 5.26. The highest BCUT2D eigenvalue weighted by molar-refractivity contribution is 7.14. The topological polar surface area (TPSA) is 67.8 Å². The molecule has 0 spiro atoms. The molecule has 0 fully saturated rings. The second-order valence-corrected chi connectivity index (χ2v) is 6.19. The summed E-state index contributed by atoms with van der Waals surface area (Å²) in [6.45, 7) is 6.25. The molecular weight excluding hydrogens is 308 g/mol. The minimum atomic E-state index is -0.309. The molecule has 116 valence electrons. The van der Waals surface area contributed by atoms with Crippen molar-refractivity contribution in [1.82, 2.24) is 15.0 Å². The molecule has 3 rings (SSSR count). The zero-order chi connectivity index (χ0) is 16.4. The van der Waals surface area contributed by atoms with Gasteiger partial charge in [-0.1, -0.05) is 6.07 Å². The van der Waals surface area contributed by atoms with Crippen molar-refractivity contribution in [3.63, 3.8) is 0 Å². The highest BCUT2D eigenvalue weighted by atomic mass is 32.1. The number of anilines is 1. The Morgan fingerprint density at radius 2 is 1.87 bits per heavy atom. The summed E-state index contributed by atoms with van der Waals surface area (Å²) in [5.74, 6) is -0.309. The van der Waals surface area contributed by atoms with Gasteiger partial charge in [0.1, 0.15) is 5.69 Å². The van der Waals surface area contributed by atoms with Gasteiger partial charge in [0.2, 0.25) is 0 Å². The van der Waals surface area contributed by atoms with E-state index >= 15 is 0 Å². The Bertz CT molecular complexity index is 858. The first kappa shape index (κ1) is 15.3. The number of rotatable bonds is 3. The van der Waals surface area contributed by atoms with E-state index in [-0.39, 0.29) is 11.6 Å². The van der Waals surface area contributed by atoms with Crippen molar-refractivity contribution in [2.75, 3.05) is 5.32 Å². The molecule has 0 unspecified atom stereocenters. The second-order valence-electron chi connectivity index (χ2n) is 5.33. The number of hydrogen-bond donors (Lipinski definition) is 1. The van der Waals surface area contributed by atoms with E-state index < -0.39 is 0 Å². The lowest BCUT2D eigenvalue weighted by molar-refractivity contribution is 0.102. The van der Waals surface area contributed by atoms with Gasteiger partial charge in [-0.3, -0.25) is 15.1 Å². The van der Waals surface area contributed by atoms with Crippen molar-refractivity contribution in [2.24, 2.45) is 0 Å². The summed E-state index contributed by atoms with van der Waals surface area (Å²) in [6.07, 6.45) is 4.44. The van der Waals surface area contributed by atoms with Crippen LogP contribution in [0.3, 0.4) is 0 Å². The zero-order valence-electron chi connectivity index (χ0n) is 13.1. The Balaban J connectivity index is 1.84. The minimum absolute atomic E-state index is 0.270. The van der Waals surface area contributed by atoms with Gasteiger partial charge < -0.3 is 0 Å². The molecule has 6 heteroatoms. The van der Waals surface area contributed by atoms with Gasteiger partial charge in [-0.25, -0.2) is 9.97 Å². The molecule has 23 heavy (non-hydrogen) atoms. The van der Waals surface area contributed by atoms with Gasteiger partial charge in [-0.15, -0.1) is 11.3 Å². The van der Waals surface area contributed by atoms with E-state index in [9.17, 15) is 4.79 Å². The summed E-state index contributed by atoms with van der Waals surface area (Å²) >= 11 is 1.39. The van der Waals surface area contributed by atoms with Crippen LogP contribution in [0.25, 0.3) is 11.3 Å². The van der Waals surface area contributed by atoms with Gasteiger partial charge in [-0.05, 0) is 43.5 Å². The van der Waals surface area contributed by atoms with Crippen molar-refractivity contribution >= 4 is 22.4 Å². The smallest absolute Gasteiger partial charge is 0.277 e. The van der Waals surface area contributed by atoms with Crippen molar-refractivity contribution in [1.29, 1.82) is 0 Å². The van der Waals surface area contributed by atoms with Crippen molar-refractivity contribution < 1.29 is 4.79 Å². The van der Waals surface area contributed by atoms with Gasteiger partial charge in [0.15, 0.2) is 5.13 Å². The molecule has 3 aromatic rings. The molecule has 0 saturated heterocycles. The fourth-order valence-electron chi connectivity index (χ4n) is 2.27. The minimum Gasteiger partial charge on any atom is -0.296 e. The van der Waals surface area contributed by atoms with Gasteiger partial charge >= 0.3 is 0 Å². The zero-order valence-corrected chi connectivity index (χ0v) is 13.9. The molecular formula is C17H16N4OS. The maximum Gasteiger partial charge on any atom is 0.277 e. The molecule has 1 aromatic carbocycles. The number of hydrogen-bond acceptors (Lipinski definition) is 5. The van der Waals surface area contributed by atoms with Gasteiger partial charge in [0.25, 0.3) is 5.91 Å². The number of benzene rings is 1. The molecule has 0 aliphatic carbocycles. The van der Waals surface area contributed by atoms with Crippen LogP contribution in [0.15, 0.2) is 36.1 Å². The van der Waals surface area contributed by atoms with E-state index in [1.54, 1.807) is 0 Å². The lowest BCUT2D eigenvalue weighted by atomic mass is 9.99. The number of carbonyl (C=O) groups is 1. The predicted octanol–water partition coefficient (Wildman–Crippen LogP) is 3.78. The molecule has 0 aliphatic rings. The monoisotopic (exact) mass is 324 g/mol. The molecule has 0 bridgehead atoms. The highest BCUT2D eigenvalue weighted by Gasteiger charge is 2.12. The molecule has 2 aromatic heterocycles. The molecule has 1 amide bonds. The number of thiazole rings is 1. The number of nitrogens with one attached hydrogen (secondary N) is 1. The lowest BCUT2D eigenvalue weighted by Crippen LogP contribution is -2.13. The summed E-state index contributed by atoms with van der Waals surface area (Å²) in [5.41, 5.74) is 5.88. The van der Waals surface area contributed by atoms with Crippen LogP contribution in [-0.2, 0) is 0 Å². The highest BCUT2D eigenvalue weighted by Crippen LogP contribution is 2.29. The van der Waals surface area contributed by atoms with Crippen LogP contribution in [0.2, 0.25) is 0 Å². The molecule has 0 atom stereocenters. The lowest BCUT2D eigenvalue weighted by Gasteiger charge is -2.07. The molecule has 0 saturated carbocycles. The first-order valence-corrected chi connectivity index (χ1v) is 8.03. The maximum atomic E-state index is 12.1. The molecule has 5 nitrogen and oxygen atoms in total. The fourth-order valence-corrected chi connectivity index (χ4v) is 2.97. The fraction of sp³-hybridized carbons (Fsp3) is 0.176. The molecule has 0 aliphatic heterocycles. The van der Waals surface area contributed by atoms with Crippen LogP contribution >= 0.6 is 11.3 Å². The van der Waals surface area contributed by atoms with E-state index in [4.69, 9.17) is 0 Å². The van der Waals surface area contributed by atoms with Crippen LogP contribution in [0.1, 0.15) is 27.2 Å². The Labute approximate surface area is 138 Å². The summed E-state index contributed by atoms with van der Waals surface area (Å²) < 4.78 is 0. The quantitative estimate of drug-likeness (QED) is 0.796. The maximum absolute atomic E-state index is 12.1. The Kier molecular flexibility index (Phi) is 4.16. The number of amides is 1. The Hall–Kier alpha value is -2.60. The predicted molar refractivity (Wildman–Crippen MR) is 91.7 cm³/mol. The van der Waals surface area contributed by atoms with Gasteiger partial charge in [0, 0.05) is 23.3 Å². The third-order valence-corrected chi connectivity index (χ3v) is 4.39. The third-order valence-electron chi connectivity index (χ3n) is 3.64. The summed E-state index contributed by atoms with van der Waals surface area (Å²) in [6, 6.07) is 4.29. The van der Waals surface area contributed by atoms with E-state index in [1.165, 1.54) is 46.6 Å². The normalized spacial score (nSPS) is 10.6. The second kappa shape index (κ2) is 6.26. The van der Waals surface area contributed by atoms with Gasteiger partial charge in [0.05, 0.1) is 11.9 Å². The van der Waals surface area contributed by atoms with Crippen molar-refractivity contribution in [3.05, 3.63) is 58.5 Å². The number of nitrogens with zero attached hydrogens (tertiary/aromatic N) is 3. The van der Waals surface area contributed by atoms with E-state index in [0.29, 0.717) is 5.13 Å². The Morgan fingerprint density at radius 3 is 2.61 bits per heavy atom. The molecule has 0 radical (unpaired) electrons. The Morgan fingerprint density at radius 1 is 1.09 bits per heavy atom.